The largest absolute Gasteiger partial charge is 0.468 e. The number of fused-ring (bicyclic) bond motifs is 2. The van der Waals surface area contributed by atoms with Crippen molar-refractivity contribution in [2.45, 2.75) is 51.0 Å². The Balaban J connectivity index is 1.63. The second-order valence-corrected chi connectivity index (χ2v) is 6.38. The van der Waals surface area contributed by atoms with Crippen molar-refractivity contribution >= 4 is 11.9 Å². The molecule has 0 aromatic rings. The summed E-state index contributed by atoms with van der Waals surface area (Å²) in [5.41, 5.74) is -0.574. The van der Waals surface area contributed by atoms with E-state index in [1.54, 1.807) is 0 Å². The maximum absolute atomic E-state index is 12.3. The first kappa shape index (κ1) is 13.7. The average molecular weight is 278 g/mol. The van der Waals surface area contributed by atoms with Crippen LogP contribution in [0.2, 0.25) is 0 Å². The van der Waals surface area contributed by atoms with Crippen LogP contribution in [-0.2, 0) is 19.1 Å². The van der Waals surface area contributed by atoms with Crippen molar-refractivity contribution in [3.63, 3.8) is 0 Å². The first-order valence-corrected chi connectivity index (χ1v) is 7.63. The highest BCUT2D eigenvalue weighted by Crippen LogP contribution is 2.53. The zero-order valence-corrected chi connectivity index (χ0v) is 12.0. The van der Waals surface area contributed by atoms with E-state index in [-0.39, 0.29) is 29.9 Å². The summed E-state index contributed by atoms with van der Waals surface area (Å²) >= 11 is 0. The number of hydrogen-bond donors (Lipinski definition) is 0. The second kappa shape index (κ2) is 5.23. The van der Waals surface area contributed by atoms with E-state index in [1.165, 1.54) is 13.5 Å². The summed E-state index contributed by atoms with van der Waals surface area (Å²) in [7, 11) is 1.41. The van der Waals surface area contributed by atoms with Gasteiger partial charge in [-0.15, -0.1) is 0 Å². The van der Waals surface area contributed by atoms with Gasteiger partial charge in [0.1, 0.15) is 6.10 Å². The van der Waals surface area contributed by atoms with Crippen LogP contribution < -0.4 is 0 Å². The Morgan fingerprint density at radius 1 is 1.15 bits per heavy atom. The van der Waals surface area contributed by atoms with Crippen LogP contribution in [0.15, 0.2) is 12.2 Å². The third-order valence-corrected chi connectivity index (χ3v) is 5.09. The molecule has 20 heavy (non-hydrogen) atoms. The molecule has 3 unspecified atom stereocenters. The fourth-order valence-electron chi connectivity index (χ4n) is 3.97. The molecule has 3 aliphatic rings. The fourth-order valence-corrected chi connectivity index (χ4v) is 3.97. The van der Waals surface area contributed by atoms with Gasteiger partial charge in [0.15, 0.2) is 0 Å². The molecule has 0 radical (unpaired) electrons. The molecule has 0 aromatic heterocycles. The van der Waals surface area contributed by atoms with Gasteiger partial charge < -0.3 is 9.47 Å². The van der Waals surface area contributed by atoms with E-state index < -0.39 is 5.41 Å². The lowest BCUT2D eigenvalue weighted by Crippen LogP contribution is -2.31. The molecule has 0 saturated heterocycles. The summed E-state index contributed by atoms with van der Waals surface area (Å²) in [6.07, 6.45) is 10.8. The molecular formula is C16H22O4. The standard InChI is InChI=1S/C16H22O4/c1-19-15(18)16-8-7-11(9-16)13(10-16)14(17)20-12-5-3-2-4-6-12/h7-8,11-13H,2-6,9-10H2,1H3. The van der Waals surface area contributed by atoms with Crippen LogP contribution in [0.4, 0.5) is 0 Å². The van der Waals surface area contributed by atoms with Crippen LogP contribution in [0.5, 0.6) is 0 Å². The maximum atomic E-state index is 12.3. The highest BCUT2D eigenvalue weighted by atomic mass is 16.5. The van der Waals surface area contributed by atoms with E-state index in [0.29, 0.717) is 12.8 Å². The van der Waals surface area contributed by atoms with E-state index in [2.05, 4.69) is 0 Å². The molecule has 0 amide bonds. The van der Waals surface area contributed by atoms with Crippen molar-refractivity contribution in [1.29, 1.82) is 0 Å². The van der Waals surface area contributed by atoms with E-state index >= 15 is 0 Å². The number of carbonyl (C=O) groups excluding carboxylic acids is 2. The molecule has 3 rings (SSSR count). The van der Waals surface area contributed by atoms with Crippen molar-refractivity contribution in [2.24, 2.45) is 17.3 Å². The second-order valence-electron chi connectivity index (χ2n) is 6.38. The summed E-state index contributed by atoms with van der Waals surface area (Å²) < 4.78 is 10.6. The van der Waals surface area contributed by atoms with Crippen LogP contribution in [0.25, 0.3) is 0 Å². The molecule has 0 heterocycles. The summed E-state index contributed by atoms with van der Waals surface area (Å²) in [6.45, 7) is 0. The molecule has 2 fully saturated rings. The van der Waals surface area contributed by atoms with E-state index in [0.717, 1.165) is 25.7 Å². The van der Waals surface area contributed by atoms with Gasteiger partial charge in [-0.3, -0.25) is 9.59 Å². The third kappa shape index (κ3) is 2.25. The van der Waals surface area contributed by atoms with Crippen LogP contribution >= 0.6 is 0 Å². The Kier molecular flexibility index (Phi) is 3.57. The number of ether oxygens (including phenoxy) is 2. The van der Waals surface area contributed by atoms with Crippen LogP contribution in [-0.4, -0.2) is 25.2 Å². The Labute approximate surface area is 119 Å². The van der Waals surface area contributed by atoms with Gasteiger partial charge in [-0.05, 0) is 44.4 Å². The number of rotatable bonds is 3. The fraction of sp³-hybridized carbons (Fsp3) is 0.750. The molecule has 0 aromatic carbocycles. The predicted octanol–water partition coefficient (Wildman–Crippen LogP) is 2.62. The summed E-state index contributed by atoms with van der Waals surface area (Å²) in [4.78, 5) is 24.3. The number of esters is 2. The first-order chi connectivity index (χ1) is 9.64. The SMILES string of the molecule is COC(=O)C12C=CC(C1)C(C(=O)OC1CCCCC1)C2. The lowest BCUT2D eigenvalue weighted by Gasteiger charge is -2.26. The monoisotopic (exact) mass is 278 g/mol. The third-order valence-electron chi connectivity index (χ3n) is 5.09. The zero-order chi connectivity index (χ0) is 14.2. The van der Waals surface area contributed by atoms with E-state index in [4.69, 9.17) is 9.47 Å². The highest BCUT2D eigenvalue weighted by molar-refractivity contribution is 5.84. The minimum atomic E-state index is -0.574. The van der Waals surface area contributed by atoms with Gasteiger partial charge in [0.05, 0.1) is 18.4 Å². The topological polar surface area (TPSA) is 52.6 Å². The van der Waals surface area contributed by atoms with Crippen molar-refractivity contribution in [2.75, 3.05) is 7.11 Å². The molecule has 0 aliphatic heterocycles. The first-order valence-electron chi connectivity index (χ1n) is 7.63. The van der Waals surface area contributed by atoms with Gasteiger partial charge in [-0.2, -0.15) is 0 Å². The molecule has 2 bridgehead atoms. The highest BCUT2D eigenvalue weighted by Gasteiger charge is 2.55. The van der Waals surface area contributed by atoms with Gasteiger partial charge in [0.25, 0.3) is 0 Å². The van der Waals surface area contributed by atoms with Gasteiger partial charge >= 0.3 is 11.9 Å². The molecular weight excluding hydrogens is 256 g/mol. The Bertz CT molecular complexity index is 436. The van der Waals surface area contributed by atoms with Crippen LogP contribution in [0.1, 0.15) is 44.9 Å². The summed E-state index contributed by atoms with van der Waals surface area (Å²) in [5, 5.41) is 0. The smallest absolute Gasteiger partial charge is 0.315 e. The minimum absolute atomic E-state index is 0.0911. The molecule has 110 valence electrons. The molecule has 4 heteroatoms. The lowest BCUT2D eigenvalue weighted by atomic mass is 9.84. The van der Waals surface area contributed by atoms with Crippen molar-refractivity contribution in [3.8, 4) is 0 Å². The molecule has 2 saturated carbocycles. The van der Waals surface area contributed by atoms with Crippen LogP contribution in [0, 0.1) is 17.3 Å². The van der Waals surface area contributed by atoms with E-state index in [9.17, 15) is 9.59 Å². The molecule has 3 aliphatic carbocycles. The average Bonchev–Trinajstić information content (AvgIpc) is 3.07. The molecule has 3 atom stereocenters. The van der Waals surface area contributed by atoms with Gasteiger partial charge in [0.2, 0.25) is 0 Å². The summed E-state index contributed by atoms with van der Waals surface area (Å²) in [5.74, 6) is -0.354. The van der Waals surface area contributed by atoms with Gasteiger partial charge in [-0.1, -0.05) is 18.6 Å². The van der Waals surface area contributed by atoms with Gasteiger partial charge in [0, 0.05) is 0 Å². The van der Waals surface area contributed by atoms with E-state index in [1.807, 2.05) is 12.2 Å². The lowest BCUT2D eigenvalue weighted by molar-refractivity contribution is -0.157. The number of carbonyl (C=O) groups is 2. The van der Waals surface area contributed by atoms with Crippen molar-refractivity contribution in [3.05, 3.63) is 12.2 Å². The molecule has 0 N–H and O–H groups in total. The minimum Gasteiger partial charge on any atom is -0.468 e. The molecule has 4 nitrogen and oxygen atoms in total. The number of allylic oxidation sites excluding steroid dienone is 1. The van der Waals surface area contributed by atoms with Crippen molar-refractivity contribution < 1.29 is 19.1 Å². The van der Waals surface area contributed by atoms with Crippen LogP contribution in [0.3, 0.4) is 0 Å². The normalized spacial score (nSPS) is 36.0. The maximum Gasteiger partial charge on any atom is 0.315 e. The van der Waals surface area contributed by atoms with Gasteiger partial charge in [-0.25, -0.2) is 0 Å². The predicted molar refractivity (Wildman–Crippen MR) is 72.8 cm³/mol. The number of methoxy groups -OCH3 is 1. The Morgan fingerprint density at radius 2 is 1.90 bits per heavy atom. The Hall–Kier alpha value is -1.32. The Morgan fingerprint density at radius 3 is 2.60 bits per heavy atom. The van der Waals surface area contributed by atoms with Crippen molar-refractivity contribution in [1.82, 2.24) is 0 Å². The number of hydrogen-bond acceptors (Lipinski definition) is 4. The zero-order valence-electron chi connectivity index (χ0n) is 12.0. The molecule has 0 spiro atoms. The quantitative estimate of drug-likeness (QED) is 0.588. The summed E-state index contributed by atoms with van der Waals surface area (Å²) in [6, 6.07) is 0.